The maximum Gasteiger partial charge on any atom is 0.574 e. The molecule has 5 nitrogen and oxygen atoms in total. The van der Waals surface area contributed by atoms with Crippen LogP contribution in [-0.4, -0.2) is 22.2 Å². The van der Waals surface area contributed by atoms with Crippen LogP contribution in [0.15, 0.2) is 54.7 Å². The zero-order valence-corrected chi connectivity index (χ0v) is 12.0. The topological polar surface area (TPSA) is 64.1 Å². The monoisotopic (exact) mass is 333 g/mol. The van der Waals surface area contributed by atoms with Crippen LogP contribution < -0.4 is 10.1 Å². The molecule has 0 fully saturated rings. The third kappa shape index (κ3) is 3.78. The summed E-state index contributed by atoms with van der Waals surface area (Å²) in [5.74, 6) is -1.22. The first-order valence-electron chi connectivity index (χ1n) is 6.80. The van der Waals surface area contributed by atoms with Gasteiger partial charge in [0.15, 0.2) is 0 Å². The summed E-state index contributed by atoms with van der Waals surface area (Å²) >= 11 is 0. The first-order valence-corrected chi connectivity index (χ1v) is 6.80. The lowest BCUT2D eigenvalue weighted by Crippen LogP contribution is -2.19. The third-order valence-electron chi connectivity index (χ3n) is 3.05. The average Bonchev–Trinajstić information content (AvgIpc) is 2.53. The Bertz CT molecular complexity index is 897. The summed E-state index contributed by atoms with van der Waals surface area (Å²) in [6.45, 7) is 0. The lowest BCUT2D eigenvalue weighted by atomic mass is 10.1. The highest BCUT2D eigenvalue weighted by atomic mass is 19.4. The SMILES string of the molecule is O=C(Nc1cccc(OC(F)(F)F)n1)c1ccc2cccnc2c1. The number of hydrogen-bond acceptors (Lipinski definition) is 4. The number of nitrogens with one attached hydrogen (secondary N) is 1. The van der Waals surface area contributed by atoms with Crippen molar-refractivity contribution in [2.24, 2.45) is 0 Å². The average molecular weight is 333 g/mol. The molecule has 8 heteroatoms. The van der Waals surface area contributed by atoms with Gasteiger partial charge in [-0.15, -0.1) is 13.2 Å². The molecule has 0 unspecified atom stereocenters. The van der Waals surface area contributed by atoms with Crippen molar-refractivity contribution in [2.75, 3.05) is 5.32 Å². The molecule has 3 aromatic rings. The Hall–Kier alpha value is -3.16. The lowest BCUT2D eigenvalue weighted by molar-refractivity contribution is -0.276. The number of benzene rings is 1. The van der Waals surface area contributed by atoms with Gasteiger partial charge in [-0.25, -0.2) is 0 Å². The van der Waals surface area contributed by atoms with Crippen LogP contribution in [0.2, 0.25) is 0 Å². The van der Waals surface area contributed by atoms with Crippen LogP contribution in [0, 0.1) is 0 Å². The highest BCUT2D eigenvalue weighted by Gasteiger charge is 2.31. The smallest absolute Gasteiger partial charge is 0.388 e. The molecule has 0 aliphatic rings. The van der Waals surface area contributed by atoms with Gasteiger partial charge in [-0.3, -0.25) is 9.78 Å². The molecule has 24 heavy (non-hydrogen) atoms. The molecule has 0 aliphatic carbocycles. The molecular formula is C16H10F3N3O2. The second-order valence-electron chi connectivity index (χ2n) is 4.77. The van der Waals surface area contributed by atoms with Gasteiger partial charge >= 0.3 is 6.36 Å². The Morgan fingerprint density at radius 2 is 1.92 bits per heavy atom. The quantitative estimate of drug-likeness (QED) is 0.792. The molecule has 0 saturated carbocycles. The van der Waals surface area contributed by atoms with Crippen LogP contribution in [0.25, 0.3) is 10.9 Å². The van der Waals surface area contributed by atoms with E-state index < -0.39 is 18.1 Å². The van der Waals surface area contributed by atoms with Gasteiger partial charge in [0.1, 0.15) is 5.82 Å². The fraction of sp³-hybridized carbons (Fsp3) is 0.0625. The van der Waals surface area contributed by atoms with Crippen LogP contribution in [-0.2, 0) is 0 Å². The molecule has 0 spiro atoms. The Morgan fingerprint density at radius 1 is 1.08 bits per heavy atom. The van der Waals surface area contributed by atoms with Gasteiger partial charge in [-0.2, -0.15) is 4.98 Å². The summed E-state index contributed by atoms with van der Waals surface area (Å²) in [4.78, 5) is 20.0. The Balaban J connectivity index is 1.79. The maximum absolute atomic E-state index is 12.2. The van der Waals surface area contributed by atoms with Gasteiger partial charge in [-0.1, -0.05) is 18.2 Å². The van der Waals surface area contributed by atoms with Crippen molar-refractivity contribution < 1.29 is 22.7 Å². The minimum atomic E-state index is -4.85. The van der Waals surface area contributed by atoms with Crippen LogP contribution in [0.4, 0.5) is 19.0 Å². The molecule has 122 valence electrons. The Kier molecular flexibility index (Phi) is 4.03. The second-order valence-corrected chi connectivity index (χ2v) is 4.77. The van der Waals surface area contributed by atoms with E-state index in [2.05, 4.69) is 20.0 Å². The number of fused-ring (bicyclic) bond motifs is 1. The van der Waals surface area contributed by atoms with Crippen LogP contribution >= 0.6 is 0 Å². The number of halogens is 3. The van der Waals surface area contributed by atoms with E-state index in [1.165, 1.54) is 12.1 Å². The van der Waals surface area contributed by atoms with Gasteiger partial charge < -0.3 is 10.1 Å². The first-order chi connectivity index (χ1) is 11.4. The van der Waals surface area contributed by atoms with Gasteiger partial charge in [0.25, 0.3) is 5.91 Å². The highest BCUT2D eigenvalue weighted by Crippen LogP contribution is 2.22. The molecule has 1 amide bonds. The van der Waals surface area contributed by atoms with Crippen molar-refractivity contribution >= 4 is 22.6 Å². The zero-order valence-electron chi connectivity index (χ0n) is 12.0. The number of hydrogen-bond donors (Lipinski definition) is 1. The number of carbonyl (C=O) groups excluding carboxylic acids is 1. The summed E-state index contributed by atoms with van der Waals surface area (Å²) in [5.41, 5.74) is 0.942. The standard InChI is InChI=1S/C16H10F3N3O2/c17-16(18,19)24-14-5-1-4-13(21-14)22-15(23)11-7-6-10-3-2-8-20-12(10)9-11/h1-9H,(H,21,22,23). The van der Waals surface area contributed by atoms with E-state index in [-0.39, 0.29) is 5.82 Å². The van der Waals surface area contributed by atoms with Gasteiger partial charge in [-0.05, 0) is 24.3 Å². The summed E-state index contributed by atoms with van der Waals surface area (Å²) in [7, 11) is 0. The molecule has 0 atom stereocenters. The molecule has 3 rings (SSSR count). The first kappa shape index (κ1) is 15.7. The number of carbonyl (C=O) groups is 1. The highest BCUT2D eigenvalue weighted by molar-refractivity contribution is 6.05. The van der Waals surface area contributed by atoms with E-state index in [1.807, 2.05) is 6.07 Å². The number of pyridine rings is 2. The normalized spacial score (nSPS) is 11.3. The lowest BCUT2D eigenvalue weighted by Gasteiger charge is -2.09. The number of ether oxygens (including phenoxy) is 1. The summed E-state index contributed by atoms with van der Waals surface area (Å²) in [5, 5.41) is 3.29. The molecule has 0 bridgehead atoms. The van der Waals surface area contributed by atoms with Gasteiger partial charge in [0, 0.05) is 23.2 Å². The molecule has 1 N–H and O–H groups in total. The minimum Gasteiger partial charge on any atom is -0.388 e. The van der Waals surface area contributed by atoms with E-state index in [0.29, 0.717) is 11.1 Å². The van der Waals surface area contributed by atoms with Crippen LogP contribution in [0.3, 0.4) is 0 Å². The second kappa shape index (κ2) is 6.15. The molecule has 1 aromatic carbocycles. The third-order valence-corrected chi connectivity index (χ3v) is 3.05. The maximum atomic E-state index is 12.2. The molecule has 0 aliphatic heterocycles. The van der Waals surface area contributed by atoms with Crippen molar-refractivity contribution in [1.29, 1.82) is 0 Å². The van der Waals surface area contributed by atoms with Gasteiger partial charge in [0.2, 0.25) is 5.88 Å². The van der Waals surface area contributed by atoms with Crippen LogP contribution in [0.1, 0.15) is 10.4 Å². The molecule has 2 heterocycles. The molecule has 2 aromatic heterocycles. The Labute approximate surface area is 134 Å². The van der Waals surface area contributed by atoms with E-state index in [9.17, 15) is 18.0 Å². The van der Waals surface area contributed by atoms with E-state index in [1.54, 1.807) is 30.5 Å². The number of nitrogens with zero attached hydrogens (tertiary/aromatic N) is 2. The fourth-order valence-electron chi connectivity index (χ4n) is 2.06. The Morgan fingerprint density at radius 3 is 2.71 bits per heavy atom. The molecule has 0 saturated heterocycles. The van der Waals surface area contributed by atoms with Crippen molar-refractivity contribution in [3.8, 4) is 5.88 Å². The van der Waals surface area contributed by atoms with Crippen molar-refractivity contribution in [3.63, 3.8) is 0 Å². The van der Waals surface area contributed by atoms with Crippen molar-refractivity contribution in [2.45, 2.75) is 6.36 Å². The number of anilines is 1. The number of amides is 1. The summed E-state index contributed by atoms with van der Waals surface area (Å²) in [6, 6.07) is 12.2. The predicted molar refractivity (Wildman–Crippen MR) is 80.6 cm³/mol. The number of alkyl halides is 3. The van der Waals surface area contributed by atoms with Crippen molar-refractivity contribution in [3.05, 3.63) is 60.3 Å². The predicted octanol–water partition coefficient (Wildman–Crippen LogP) is 3.78. The summed E-state index contributed by atoms with van der Waals surface area (Å²) in [6.07, 6.45) is -3.25. The number of rotatable bonds is 3. The minimum absolute atomic E-state index is 0.0529. The summed E-state index contributed by atoms with van der Waals surface area (Å²) < 4.78 is 40.3. The zero-order chi connectivity index (χ0) is 17.2. The van der Waals surface area contributed by atoms with Gasteiger partial charge in [0.05, 0.1) is 5.52 Å². The molecule has 0 radical (unpaired) electrons. The van der Waals surface area contributed by atoms with E-state index in [0.717, 1.165) is 11.5 Å². The van der Waals surface area contributed by atoms with E-state index in [4.69, 9.17) is 0 Å². The number of aromatic nitrogens is 2. The fourth-order valence-corrected chi connectivity index (χ4v) is 2.06. The van der Waals surface area contributed by atoms with Crippen molar-refractivity contribution in [1.82, 2.24) is 9.97 Å². The van der Waals surface area contributed by atoms with E-state index >= 15 is 0 Å². The molecular weight excluding hydrogens is 323 g/mol. The largest absolute Gasteiger partial charge is 0.574 e. The van der Waals surface area contributed by atoms with Crippen LogP contribution in [0.5, 0.6) is 5.88 Å².